The van der Waals surface area contributed by atoms with Gasteiger partial charge in [0.15, 0.2) is 0 Å². The second-order valence-corrected chi connectivity index (χ2v) is 16.1. The number of aromatic nitrogens is 1. The molecule has 0 aliphatic rings. The fourth-order valence-corrected chi connectivity index (χ4v) is 9.53. The number of hydrogen-bond donors (Lipinski definition) is 0. The highest BCUT2D eigenvalue weighted by atomic mass is 16.3. The number of benzene rings is 10. The van der Waals surface area contributed by atoms with Gasteiger partial charge in [0.2, 0.25) is 0 Å². The zero-order chi connectivity index (χ0) is 41.7. The van der Waals surface area contributed by atoms with Crippen molar-refractivity contribution in [1.82, 2.24) is 4.57 Å². The summed E-state index contributed by atoms with van der Waals surface area (Å²) in [4.78, 5) is 2.38. The summed E-state index contributed by atoms with van der Waals surface area (Å²) >= 11 is 0. The number of fused-ring (bicyclic) bond motifs is 6. The maximum Gasteiger partial charge on any atom is 0.143 e. The Labute approximate surface area is 366 Å². The average molecular weight is 805 g/mol. The lowest BCUT2D eigenvalue weighted by Gasteiger charge is -2.27. The summed E-state index contributed by atoms with van der Waals surface area (Å²) in [7, 11) is 0. The SMILES string of the molecule is c1ccc(-c2cccc(N(c3ccc(-c4ccccc4-c4cccc5c4oc4ccccc45)cc3)c3cccc(-c4ccccc4-n4c5ccccc5c5ccccc54)c3)c2)cc1. The molecule has 0 amide bonds. The number of para-hydroxylation sites is 5. The summed E-state index contributed by atoms with van der Waals surface area (Å²) in [6, 6.07) is 87.1. The molecular formula is C60H40N2O. The maximum absolute atomic E-state index is 6.52. The van der Waals surface area contributed by atoms with E-state index in [2.05, 4.69) is 240 Å². The van der Waals surface area contributed by atoms with Crippen LogP contribution in [0.2, 0.25) is 0 Å². The molecule has 10 aromatic carbocycles. The summed E-state index contributed by atoms with van der Waals surface area (Å²) in [5, 5.41) is 4.76. The summed E-state index contributed by atoms with van der Waals surface area (Å²) in [6.07, 6.45) is 0. The molecule has 63 heavy (non-hydrogen) atoms. The minimum Gasteiger partial charge on any atom is -0.455 e. The van der Waals surface area contributed by atoms with Gasteiger partial charge in [-0.2, -0.15) is 0 Å². The Morgan fingerprint density at radius 3 is 1.57 bits per heavy atom. The van der Waals surface area contributed by atoms with Crippen LogP contribution in [0.5, 0.6) is 0 Å². The van der Waals surface area contributed by atoms with Crippen LogP contribution in [0.3, 0.4) is 0 Å². The van der Waals surface area contributed by atoms with Crippen molar-refractivity contribution >= 4 is 60.8 Å². The smallest absolute Gasteiger partial charge is 0.143 e. The van der Waals surface area contributed by atoms with Gasteiger partial charge in [0.1, 0.15) is 11.2 Å². The molecule has 0 aliphatic heterocycles. The maximum atomic E-state index is 6.52. The first-order valence-electron chi connectivity index (χ1n) is 21.5. The van der Waals surface area contributed by atoms with Crippen LogP contribution < -0.4 is 4.90 Å². The molecule has 0 fully saturated rings. The van der Waals surface area contributed by atoms with Crippen LogP contribution in [-0.4, -0.2) is 4.57 Å². The van der Waals surface area contributed by atoms with Crippen molar-refractivity contribution in [1.29, 1.82) is 0 Å². The summed E-state index contributed by atoms with van der Waals surface area (Å²) in [6.45, 7) is 0. The highest BCUT2D eigenvalue weighted by Gasteiger charge is 2.20. The molecule has 0 saturated heterocycles. The quantitative estimate of drug-likeness (QED) is 0.153. The van der Waals surface area contributed by atoms with Crippen molar-refractivity contribution in [2.75, 3.05) is 4.90 Å². The van der Waals surface area contributed by atoms with Crippen molar-refractivity contribution in [3.05, 3.63) is 243 Å². The van der Waals surface area contributed by atoms with Gasteiger partial charge in [-0.05, 0) is 94.0 Å². The zero-order valence-corrected chi connectivity index (χ0v) is 34.4. The van der Waals surface area contributed by atoms with E-state index in [9.17, 15) is 0 Å². The number of furan rings is 1. The first-order valence-corrected chi connectivity index (χ1v) is 21.5. The molecule has 0 aliphatic carbocycles. The third-order valence-electron chi connectivity index (χ3n) is 12.4. The molecule has 3 heteroatoms. The Hall–Kier alpha value is -8.40. The van der Waals surface area contributed by atoms with Crippen LogP contribution in [-0.2, 0) is 0 Å². The van der Waals surface area contributed by atoms with Crippen molar-refractivity contribution in [2.45, 2.75) is 0 Å². The first-order chi connectivity index (χ1) is 31.3. The van der Waals surface area contributed by atoms with E-state index in [0.717, 1.165) is 83.6 Å². The lowest BCUT2D eigenvalue weighted by atomic mass is 9.93. The summed E-state index contributed by atoms with van der Waals surface area (Å²) < 4.78 is 8.93. The van der Waals surface area contributed by atoms with E-state index in [-0.39, 0.29) is 0 Å². The lowest BCUT2D eigenvalue weighted by molar-refractivity contribution is 0.670. The molecule has 0 atom stereocenters. The Morgan fingerprint density at radius 2 is 0.825 bits per heavy atom. The van der Waals surface area contributed by atoms with Crippen LogP contribution >= 0.6 is 0 Å². The first kappa shape index (κ1) is 36.5. The second kappa shape index (κ2) is 15.3. The van der Waals surface area contributed by atoms with E-state index < -0.39 is 0 Å². The normalized spacial score (nSPS) is 11.5. The standard InChI is InChI=1S/C60H40N2O/c1-2-17-41(18-3-1)43-19-14-21-46(39-43)61(45-37-35-42(36-38-45)48-23-4-5-25-50(48)54-29-16-30-55-53-28-9-13-34-59(53)63-60(54)55)47-22-15-20-44(40-47)49-24-6-10-31-56(49)62-57-32-11-7-26-51(57)52-27-8-12-33-58(52)62/h1-40H. The topological polar surface area (TPSA) is 21.3 Å². The van der Waals surface area contributed by atoms with E-state index >= 15 is 0 Å². The minimum absolute atomic E-state index is 0.900. The van der Waals surface area contributed by atoms with Gasteiger partial charge in [0, 0.05) is 49.7 Å². The molecule has 0 spiro atoms. The lowest BCUT2D eigenvalue weighted by Crippen LogP contribution is -2.10. The van der Waals surface area contributed by atoms with E-state index in [1.807, 2.05) is 12.1 Å². The van der Waals surface area contributed by atoms with Gasteiger partial charge in [-0.15, -0.1) is 0 Å². The predicted molar refractivity (Wildman–Crippen MR) is 264 cm³/mol. The number of anilines is 3. The minimum atomic E-state index is 0.900. The third kappa shape index (κ3) is 6.29. The highest BCUT2D eigenvalue weighted by Crippen LogP contribution is 2.43. The van der Waals surface area contributed by atoms with Crippen LogP contribution in [0.25, 0.3) is 93.9 Å². The molecule has 12 aromatic rings. The Morgan fingerprint density at radius 1 is 0.302 bits per heavy atom. The van der Waals surface area contributed by atoms with Gasteiger partial charge in [-0.3, -0.25) is 0 Å². The fraction of sp³-hybridized carbons (Fsp3) is 0. The van der Waals surface area contributed by atoms with Crippen LogP contribution in [0, 0.1) is 0 Å². The predicted octanol–water partition coefficient (Wildman–Crippen LogP) is 16.8. The van der Waals surface area contributed by atoms with E-state index in [1.54, 1.807) is 0 Å². The number of nitrogens with zero attached hydrogens (tertiary/aromatic N) is 2. The van der Waals surface area contributed by atoms with Crippen LogP contribution in [0.1, 0.15) is 0 Å². The molecule has 12 rings (SSSR count). The summed E-state index contributed by atoms with van der Waals surface area (Å²) in [5.74, 6) is 0. The largest absolute Gasteiger partial charge is 0.455 e. The van der Waals surface area contributed by atoms with Crippen molar-refractivity contribution in [3.63, 3.8) is 0 Å². The molecule has 0 bridgehead atoms. The van der Waals surface area contributed by atoms with Gasteiger partial charge in [-0.1, -0.05) is 182 Å². The molecule has 296 valence electrons. The monoisotopic (exact) mass is 804 g/mol. The number of rotatable bonds is 8. The van der Waals surface area contributed by atoms with E-state index in [0.29, 0.717) is 0 Å². The van der Waals surface area contributed by atoms with Gasteiger partial charge >= 0.3 is 0 Å². The zero-order valence-electron chi connectivity index (χ0n) is 34.4. The average Bonchev–Trinajstić information content (AvgIpc) is 3.91. The Balaban J connectivity index is 0.990. The molecule has 0 unspecified atom stereocenters. The Bertz CT molecular complexity index is 3580. The molecule has 0 saturated carbocycles. The van der Waals surface area contributed by atoms with E-state index in [4.69, 9.17) is 4.42 Å². The molecule has 0 radical (unpaired) electrons. The molecular weight excluding hydrogens is 765 g/mol. The van der Waals surface area contributed by atoms with Crippen molar-refractivity contribution < 1.29 is 4.42 Å². The summed E-state index contributed by atoms with van der Waals surface area (Å²) in [5.41, 5.74) is 17.7. The van der Waals surface area contributed by atoms with Crippen molar-refractivity contribution in [2.24, 2.45) is 0 Å². The van der Waals surface area contributed by atoms with Crippen LogP contribution in [0.15, 0.2) is 247 Å². The molecule has 0 N–H and O–H groups in total. The van der Waals surface area contributed by atoms with Crippen molar-refractivity contribution in [3.8, 4) is 50.2 Å². The third-order valence-corrected chi connectivity index (χ3v) is 12.4. The van der Waals surface area contributed by atoms with E-state index in [1.165, 1.54) is 27.4 Å². The Kier molecular flexibility index (Phi) is 8.83. The fourth-order valence-electron chi connectivity index (χ4n) is 9.53. The second-order valence-electron chi connectivity index (χ2n) is 16.1. The number of hydrogen-bond acceptors (Lipinski definition) is 2. The van der Waals surface area contributed by atoms with Gasteiger partial charge < -0.3 is 13.9 Å². The van der Waals surface area contributed by atoms with Crippen LogP contribution in [0.4, 0.5) is 17.1 Å². The molecule has 3 nitrogen and oxygen atoms in total. The molecule has 2 aromatic heterocycles. The van der Waals surface area contributed by atoms with Gasteiger partial charge in [0.25, 0.3) is 0 Å². The van der Waals surface area contributed by atoms with Gasteiger partial charge in [-0.25, -0.2) is 0 Å². The molecule has 2 heterocycles. The van der Waals surface area contributed by atoms with Gasteiger partial charge in [0.05, 0.1) is 16.7 Å². The highest BCUT2D eigenvalue weighted by molar-refractivity contribution is 6.11.